The van der Waals surface area contributed by atoms with Crippen molar-refractivity contribution in [3.63, 3.8) is 0 Å². The Bertz CT molecular complexity index is 784. The summed E-state index contributed by atoms with van der Waals surface area (Å²) in [5, 5.41) is 30.5. The van der Waals surface area contributed by atoms with Gasteiger partial charge in [-0.2, -0.15) is 5.26 Å². The molecule has 0 aromatic carbocycles. The van der Waals surface area contributed by atoms with E-state index in [-0.39, 0.29) is 28.5 Å². The maximum atomic E-state index is 12.4. The predicted molar refractivity (Wildman–Crippen MR) is 77.4 cm³/mol. The highest BCUT2D eigenvalue weighted by Gasteiger charge is 2.18. The molecule has 22 heavy (non-hydrogen) atoms. The Labute approximate surface area is 126 Å². The SMILES string of the molecule is CCCCn1c(O)c(C#N)c(C)c(N=Nc2ccon2)c1=O. The normalized spacial score (nSPS) is 11.0. The summed E-state index contributed by atoms with van der Waals surface area (Å²) >= 11 is 0. The number of azo groups is 1. The van der Waals surface area contributed by atoms with Gasteiger partial charge in [0.15, 0.2) is 5.69 Å². The molecule has 0 bridgehead atoms. The average Bonchev–Trinajstić information content (AvgIpc) is 3.01. The van der Waals surface area contributed by atoms with E-state index in [1.807, 2.05) is 13.0 Å². The van der Waals surface area contributed by atoms with E-state index in [0.29, 0.717) is 13.0 Å². The van der Waals surface area contributed by atoms with Crippen molar-refractivity contribution in [1.82, 2.24) is 9.72 Å². The van der Waals surface area contributed by atoms with E-state index in [4.69, 9.17) is 0 Å². The van der Waals surface area contributed by atoms with Crippen LogP contribution in [-0.2, 0) is 6.54 Å². The highest BCUT2D eigenvalue weighted by molar-refractivity contribution is 5.56. The summed E-state index contributed by atoms with van der Waals surface area (Å²) in [7, 11) is 0. The van der Waals surface area contributed by atoms with Crippen LogP contribution in [0.25, 0.3) is 0 Å². The molecule has 8 nitrogen and oxygen atoms in total. The summed E-state index contributed by atoms with van der Waals surface area (Å²) < 4.78 is 5.77. The van der Waals surface area contributed by atoms with Gasteiger partial charge in [0.25, 0.3) is 5.56 Å². The first-order chi connectivity index (χ1) is 10.6. The second-order valence-electron chi connectivity index (χ2n) is 4.65. The number of pyridine rings is 1. The summed E-state index contributed by atoms with van der Waals surface area (Å²) in [6.45, 7) is 3.82. The van der Waals surface area contributed by atoms with Crippen molar-refractivity contribution in [3.8, 4) is 11.9 Å². The number of aromatic nitrogens is 2. The molecule has 2 rings (SSSR count). The maximum absolute atomic E-state index is 12.4. The third-order valence-corrected chi connectivity index (χ3v) is 3.18. The van der Waals surface area contributed by atoms with E-state index >= 15 is 0 Å². The van der Waals surface area contributed by atoms with Crippen LogP contribution in [0.3, 0.4) is 0 Å². The molecule has 2 aromatic heterocycles. The second kappa shape index (κ2) is 6.67. The molecule has 0 aliphatic carbocycles. The monoisotopic (exact) mass is 301 g/mol. The highest BCUT2D eigenvalue weighted by Crippen LogP contribution is 2.26. The van der Waals surface area contributed by atoms with E-state index in [1.165, 1.54) is 12.3 Å². The lowest BCUT2D eigenvalue weighted by molar-refractivity contribution is 0.399. The summed E-state index contributed by atoms with van der Waals surface area (Å²) in [6, 6.07) is 3.38. The molecule has 0 radical (unpaired) electrons. The van der Waals surface area contributed by atoms with Crippen LogP contribution in [0.2, 0.25) is 0 Å². The average molecular weight is 301 g/mol. The molecule has 0 fully saturated rings. The van der Waals surface area contributed by atoms with E-state index in [1.54, 1.807) is 6.92 Å². The van der Waals surface area contributed by atoms with Crippen LogP contribution in [0.5, 0.6) is 5.88 Å². The Morgan fingerprint density at radius 3 is 2.86 bits per heavy atom. The number of rotatable bonds is 5. The number of unbranched alkanes of at least 4 members (excludes halogenated alkanes) is 1. The van der Waals surface area contributed by atoms with Gasteiger partial charge in [0.1, 0.15) is 17.9 Å². The smallest absolute Gasteiger partial charge is 0.281 e. The van der Waals surface area contributed by atoms with Crippen molar-refractivity contribution < 1.29 is 9.63 Å². The van der Waals surface area contributed by atoms with Gasteiger partial charge in [-0.3, -0.25) is 9.36 Å². The van der Waals surface area contributed by atoms with Crippen molar-refractivity contribution >= 4 is 11.5 Å². The lowest BCUT2D eigenvalue weighted by atomic mass is 10.1. The van der Waals surface area contributed by atoms with Crippen LogP contribution in [0.4, 0.5) is 11.5 Å². The maximum Gasteiger partial charge on any atom is 0.281 e. The third-order valence-electron chi connectivity index (χ3n) is 3.18. The minimum Gasteiger partial charge on any atom is -0.493 e. The number of aromatic hydroxyl groups is 1. The molecule has 1 N–H and O–H groups in total. The fraction of sp³-hybridized carbons (Fsp3) is 0.357. The van der Waals surface area contributed by atoms with Crippen LogP contribution >= 0.6 is 0 Å². The zero-order valence-electron chi connectivity index (χ0n) is 12.3. The van der Waals surface area contributed by atoms with Crippen LogP contribution in [0, 0.1) is 18.3 Å². The van der Waals surface area contributed by atoms with Crippen LogP contribution < -0.4 is 5.56 Å². The van der Waals surface area contributed by atoms with Gasteiger partial charge in [-0.1, -0.05) is 18.5 Å². The van der Waals surface area contributed by atoms with E-state index in [9.17, 15) is 15.2 Å². The molecular weight excluding hydrogens is 286 g/mol. The fourth-order valence-electron chi connectivity index (χ4n) is 1.94. The first kappa shape index (κ1) is 15.4. The molecule has 0 aliphatic heterocycles. The van der Waals surface area contributed by atoms with Gasteiger partial charge < -0.3 is 9.63 Å². The van der Waals surface area contributed by atoms with E-state index < -0.39 is 5.56 Å². The van der Waals surface area contributed by atoms with Crippen LogP contribution in [0.1, 0.15) is 30.9 Å². The van der Waals surface area contributed by atoms with Crippen molar-refractivity contribution in [3.05, 3.63) is 33.8 Å². The zero-order valence-corrected chi connectivity index (χ0v) is 12.3. The molecule has 8 heteroatoms. The molecule has 0 spiro atoms. The topological polar surface area (TPSA) is 117 Å². The molecule has 0 unspecified atom stereocenters. The van der Waals surface area contributed by atoms with Crippen LogP contribution in [0.15, 0.2) is 31.9 Å². The summed E-state index contributed by atoms with van der Waals surface area (Å²) in [5.74, 6) is -0.121. The first-order valence-electron chi connectivity index (χ1n) is 6.78. The minimum atomic E-state index is -0.491. The Hall–Kier alpha value is -2.95. The van der Waals surface area contributed by atoms with Gasteiger partial charge in [0.05, 0.1) is 0 Å². The minimum absolute atomic E-state index is 0.00783. The molecule has 2 heterocycles. The molecular formula is C14H15N5O3. The van der Waals surface area contributed by atoms with Crippen molar-refractivity contribution in [2.75, 3.05) is 0 Å². The Kier molecular flexibility index (Phi) is 4.68. The zero-order chi connectivity index (χ0) is 16.1. The molecule has 0 saturated carbocycles. The number of hydrogen-bond acceptors (Lipinski definition) is 7. The first-order valence-corrected chi connectivity index (χ1v) is 6.78. The van der Waals surface area contributed by atoms with Gasteiger partial charge >= 0.3 is 0 Å². The highest BCUT2D eigenvalue weighted by atomic mass is 16.5. The summed E-state index contributed by atoms with van der Waals surface area (Å²) in [6.07, 6.45) is 2.87. The second-order valence-corrected chi connectivity index (χ2v) is 4.65. The van der Waals surface area contributed by atoms with Gasteiger partial charge in [-0.05, 0) is 13.3 Å². The molecule has 0 amide bonds. The molecule has 0 aliphatic rings. The van der Waals surface area contributed by atoms with Crippen LogP contribution in [-0.4, -0.2) is 14.8 Å². The number of nitriles is 1. The molecule has 2 aromatic rings. The molecule has 0 atom stereocenters. The van der Waals surface area contributed by atoms with Gasteiger partial charge in [0, 0.05) is 18.2 Å². The summed E-state index contributed by atoms with van der Waals surface area (Å²) in [4.78, 5) is 12.4. The van der Waals surface area contributed by atoms with Gasteiger partial charge in [-0.15, -0.1) is 10.2 Å². The quantitative estimate of drug-likeness (QED) is 0.852. The Morgan fingerprint density at radius 1 is 1.50 bits per heavy atom. The fourth-order valence-corrected chi connectivity index (χ4v) is 1.94. The Morgan fingerprint density at radius 2 is 2.27 bits per heavy atom. The van der Waals surface area contributed by atoms with E-state index in [2.05, 4.69) is 19.9 Å². The van der Waals surface area contributed by atoms with Crippen molar-refractivity contribution in [2.45, 2.75) is 33.2 Å². The lowest BCUT2D eigenvalue weighted by Gasteiger charge is -2.12. The predicted octanol–water partition coefficient (Wildman–Crippen LogP) is 2.94. The molecule has 114 valence electrons. The third kappa shape index (κ3) is 2.88. The van der Waals surface area contributed by atoms with Gasteiger partial charge in [0.2, 0.25) is 11.7 Å². The van der Waals surface area contributed by atoms with Crippen molar-refractivity contribution in [2.24, 2.45) is 10.2 Å². The standard InChI is InChI=1S/C14H15N5O3/c1-3-4-6-19-13(20)10(8-15)9(2)12(14(19)21)17-16-11-5-7-22-18-11/h5,7,20H,3-4,6H2,1-2H3. The largest absolute Gasteiger partial charge is 0.493 e. The van der Waals surface area contributed by atoms with Gasteiger partial charge in [-0.25, -0.2) is 0 Å². The number of hydrogen-bond donors (Lipinski definition) is 1. The summed E-state index contributed by atoms with van der Waals surface area (Å²) in [5.41, 5.74) is -0.182. The number of nitrogens with zero attached hydrogens (tertiary/aromatic N) is 5. The molecule has 0 saturated heterocycles. The Balaban J connectivity index is 2.57. The van der Waals surface area contributed by atoms with E-state index in [0.717, 1.165) is 11.0 Å². The van der Waals surface area contributed by atoms with Crippen molar-refractivity contribution in [1.29, 1.82) is 5.26 Å². The lowest BCUT2D eigenvalue weighted by Crippen LogP contribution is -2.22.